The van der Waals surface area contributed by atoms with Gasteiger partial charge in [0.25, 0.3) is 0 Å². The molecule has 0 spiro atoms. The maximum absolute atomic E-state index is 3.67. The number of hydrogen-bond acceptors (Lipinski definition) is 1. The molecule has 0 aliphatic heterocycles. The van der Waals surface area contributed by atoms with E-state index in [2.05, 4.69) is 44.3 Å². The van der Waals surface area contributed by atoms with E-state index in [0.29, 0.717) is 6.04 Å². The minimum atomic E-state index is 0.582. The molecule has 1 N–H and O–H groups in total. The first kappa shape index (κ1) is 11.7. The number of hydrogen-bond donors (Lipinski definition) is 1. The Morgan fingerprint density at radius 2 is 2.06 bits per heavy atom. The van der Waals surface area contributed by atoms with Gasteiger partial charge >= 0.3 is 0 Å². The van der Waals surface area contributed by atoms with Crippen molar-refractivity contribution in [3.63, 3.8) is 0 Å². The van der Waals surface area contributed by atoms with E-state index in [1.807, 2.05) is 0 Å². The summed E-state index contributed by atoms with van der Waals surface area (Å²) in [6.07, 6.45) is 4.20. The molecule has 1 heteroatoms. The summed E-state index contributed by atoms with van der Waals surface area (Å²) in [5.74, 6) is 0.862. The van der Waals surface area contributed by atoms with Crippen molar-refractivity contribution in [3.05, 3.63) is 34.9 Å². The lowest BCUT2D eigenvalue weighted by Crippen LogP contribution is -2.32. The van der Waals surface area contributed by atoms with Gasteiger partial charge in [0.2, 0.25) is 0 Å². The van der Waals surface area contributed by atoms with Crippen molar-refractivity contribution in [1.82, 2.24) is 5.32 Å². The standard InChI is InChI=1S/C15H23N/c1-4-16-15(13-8-6-9-13)14-10-5-7-11(2)12(14)3/h5,7,10,13,15-16H,4,6,8-9H2,1-3H3. The van der Waals surface area contributed by atoms with Gasteiger partial charge in [-0.25, -0.2) is 0 Å². The summed E-state index contributed by atoms with van der Waals surface area (Å²) in [4.78, 5) is 0. The maximum Gasteiger partial charge on any atom is 0.0351 e. The number of aryl methyl sites for hydroxylation is 1. The fourth-order valence-corrected chi connectivity index (χ4v) is 2.63. The van der Waals surface area contributed by atoms with Gasteiger partial charge < -0.3 is 5.32 Å². The molecular formula is C15H23N. The third-order valence-corrected chi connectivity index (χ3v) is 4.03. The van der Waals surface area contributed by atoms with E-state index in [0.717, 1.165) is 12.5 Å². The van der Waals surface area contributed by atoms with Crippen molar-refractivity contribution in [3.8, 4) is 0 Å². The second kappa shape index (κ2) is 5.01. The van der Waals surface area contributed by atoms with Gasteiger partial charge in [0, 0.05) is 6.04 Å². The first-order valence-corrected chi connectivity index (χ1v) is 6.53. The van der Waals surface area contributed by atoms with E-state index in [4.69, 9.17) is 0 Å². The molecule has 1 atom stereocenters. The zero-order valence-electron chi connectivity index (χ0n) is 10.7. The molecule has 0 radical (unpaired) electrons. The molecule has 0 heterocycles. The highest BCUT2D eigenvalue weighted by Gasteiger charge is 2.28. The van der Waals surface area contributed by atoms with Gasteiger partial charge in [0.15, 0.2) is 0 Å². The smallest absolute Gasteiger partial charge is 0.0351 e. The third-order valence-electron chi connectivity index (χ3n) is 4.03. The largest absolute Gasteiger partial charge is 0.310 e. The lowest BCUT2D eigenvalue weighted by Gasteiger charge is -2.35. The molecule has 0 saturated heterocycles. The van der Waals surface area contributed by atoms with Gasteiger partial charge in [-0.2, -0.15) is 0 Å². The Hall–Kier alpha value is -0.820. The Morgan fingerprint density at radius 1 is 1.31 bits per heavy atom. The van der Waals surface area contributed by atoms with Crippen molar-refractivity contribution < 1.29 is 0 Å². The highest BCUT2D eigenvalue weighted by Crippen LogP contribution is 2.38. The molecule has 1 nitrogen and oxygen atoms in total. The fourth-order valence-electron chi connectivity index (χ4n) is 2.63. The minimum absolute atomic E-state index is 0.582. The Kier molecular flexibility index (Phi) is 3.65. The normalized spacial score (nSPS) is 18.2. The molecule has 1 aliphatic carbocycles. The first-order valence-electron chi connectivity index (χ1n) is 6.53. The fraction of sp³-hybridized carbons (Fsp3) is 0.600. The molecule has 16 heavy (non-hydrogen) atoms. The van der Waals surface area contributed by atoms with Crippen molar-refractivity contribution in [2.45, 2.75) is 46.1 Å². The monoisotopic (exact) mass is 217 g/mol. The van der Waals surface area contributed by atoms with Crippen molar-refractivity contribution in [1.29, 1.82) is 0 Å². The average molecular weight is 217 g/mol. The molecule has 1 saturated carbocycles. The molecule has 1 aliphatic rings. The predicted molar refractivity (Wildman–Crippen MR) is 69.7 cm³/mol. The van der Waals surface area contributed by atoms with E-state index < -0.39 is 0 Å². The second-order valence-corrected chi connectivity index (χ2v) is 5.02. The van der Waals surface area contributed by atoms with E-state index in [1.165, 1.54) is 36.0 Å². The van der Waals surface area contributed by atoms with Crippen LogP contribution in [0.4, 0.5) is 0 Å². The van der Waals surface area contributed by atoms with Gasteiger partial charge in [-0.05, 0) is 55.8 Å². The predicted octanol–water partition coefficient (Wildman–Crippen LogP) is 3.75. The van der Waals surface area contributed by atoms with Gasteiger partial charge in [0.05, 0.1) is 0 Å². The molecule has 0 amide bonds. The number of nitrogens with one attached hydrogen (secondary N) is 1. The van der Waals surface area contributed by atoms with Crippen LogP contribution in [-0.4, -0.2) is 6.54 Å². The maximum atomic E-state index is 3.67. The van der Waals surface area contributed by atoms with Crippen LogP contribution >= 0.6 is 0 Å². The van der Waals surface area contributed by atoms with Crippen LogP contribution in [0.1, 0.15) is 48.9 Å². The molecule has 0 bridgehead atoms. The minimum Gasteiger partial charge on any atom is -0.310 e. The van der Waals surface area contributed by atoms with E-state index in [1.54, 1.807) is 0 Å². The first-order chi connectivity index (χ1) is 7.74. The Balaban J connectivity index is 2.26. The topological polar surface area (TPSA) is 12.0 Å². The third kappa shape index (κ3) is 2.15. The van der Waals surface area contributed by atoms with E-state index >= 15 is 0 Å². The van der Waals surface area contributed by atoms with Crippen molar-refractivity contribution >= 4 is 0 Å². The summed E-state index contributed by atoms with van der Waals surface area (Å²) >= 11 is 0. The summed E-state index contributed by atoms with van der Waals surface area (Å²) in [7, 11) is 0. The molecule has 1 aromatic rings. The van der Waals surface area contributed by atoms with Crippen LogP contribution in [0, 0.1) is 19.8 Å². The summed E-state index contributed by atoms with van der Waals surface area (Å²) in [5, 5.41) is 3.67. The van der Waals surface area contributed by atoms with Crippen LogP contribution in [0.2, 0.25) is 0 Å². The summed E-state index contributed by atoms with van der Waals surface area (Å²) in [6.45, 7) is 7.74. The average Bonchev–Trinajstić information content (AvgIpc) is 2.19. The van der Waals surface area contributed by atoms with Crippen LogP contribution in [0.25, 0.3) is 0 Å². The van der Waals surface area contributed by atoms with E-state index in [-0.39, 0.29) is 0 Å². The Bertz CT molecular complexity index is 352. The summed E-state index contributed by atoms with van der Waals surface area (Å²) < 4.78 is 0. The number of benzene rings is 1. The molecule has 1 unspecified atom stereocenters. The van der Waals surface area contributed by atoms with Gasteiger partial charge in [0.1, 0.15) is 0 Å². The van der Waals surface area contributed by atoms with Crippen LogP contribution in [0.15, 0.2) is 18.2 Å². The number of rotatable bonds is 4. The summed E-state index contributed by atoms with van der Waals surface area (Å²) in [5.41, 5.74) is 4.41. The quantitative estimate of drug-likeness (QED) is 0.810. The van der Waals surface area contributed by atoms with Crippen molar-refractivity contribution in [2.24, 2.45) is 5.92 Å². The van der Waals surface area contributed by atoms with Crippen LogP contribution in [0.3, 0.4) is 0 Å². The molecule has 2 rings (SSSR count). The Labute approximate surface area is 99.3 Å². The lowest BCUT2D eigenvalue weighted by atomic mass is 9.76. The van der Waals surface area contributed by atoms with Crippen LogP contribution in [-0.2, 0) is 0 Å². The highest BCUT2D eigenvalue weighted by atomic mass is 14.9. The molecular weight excluding hydrogens is 194 g/mol. The molecule has 1 fully saturated rings. The molecule has 1 aromatic carbocycles. The lowest BCUT2D eigenvalue weighted by molar-refractivity contribution is 0.232. The van der Waals surface area contributed by atoms with Crippen LogP contribution in [0.5, 0.6) is 0 Å². The van der Waals surface area contributed by atoms with Gasteiger partial charge in [-0.15, -0.1) is 0 Å². The van der Waals surface area contributed by atoms with Crippen LogP contribution < -0.4 is 5.32 Å². The van der Waals surface area contributed by atoms with Gasteiger partial charge in [-0.3, -0.25) is 0 Å². The van der Waals surface area contributed by atoms with Gasteiger partial charge in [-0.1, -0.05) is 31.5 Å². The SMILES string of the molecule is CCNC(c1cccc(C)c1C)C1CCC1. The zero-order chi connectivity index (χ0) is 11.5. The summed E-state index contributed by atoms with van der Waals surface area (Å²) in [6, 6.07) is 7.29. The second-order valence-electron chi connectivity index (χ2n) is 5.02. The molecule has 0 aromatic heterocycles. The van der Waals surface area contributed by atoms with E-state index in [9.17, 15) is 0 Å². The highest BCUT2D eigenvalue weighted by molar-refractivity contribution is 5.35. The Morgan fingerprint density at radius 3 is 2.62 bits per heavy atom. The molecule has 88 valence electrons. The van der Waals surface area contributed by atoms with Crippen molar-refractivity contribution in [2.75, 3.05) is 6.54 Å². The zero-order valence-corrected chi connectivity index (χ0v) is 10.7.